The first kappa shape index (κ1) is 17.8. The molecule has 0 bridgehead atoms. The highest BCUT2D eigenvalue weighted by Crippen LogP contribution is 2.19. The van der Waals surface area contributed by atoms with Gasteiger partial charge in [0.1, 0.15) is 0 Å². The van der Waals surface area contributed by atoms with Gasteiger partial charge in [0.2, 0.25) is 21.7 Å². The van der Waals surface area contributed by atoms with Crippen molar-refractivity contribution in [3.63, 3.8) is 0 Å². The topological polar surface area (TPSA) is 79.5 Å². The smallest absolute Gasteiger partial charge is 0.243 e. The first-order valence-corrected chi connectivity index (χ1v) is 10.2. The molecule has 0 atom stereocenters. The summed E-state index contributed by atoms with van der Waals surface area (Å²) < 4.78 is 32.2. The van der Waals surface area contributed by atoms with Gasteiger partial charge in [-0.1, -0.05) is 53.7 Å². The van der Waals surface area contributed by atoms with Crippen molar-refractivity contribution in [2.24, 2.45) is 0 Å². The Hall–Kier alpha value is -2.55. The number of aromatic nitrogens is 2. The highest BCUT2D eigenvalue weighted by Gasteiger charge is 2.28. The van der Waals surface area contributed by atoms with E-state index in [1.165, 1.54) is 4.31 Å². The average Bonchev–Trinajstić information content (AvgIpc) is 3.18. The summed E-state index contributed by atoms with van der Waals surface area (Å²) in [6, 6.07) is 18.2. The Morgan fingerprint density at radius 3 is 2.19 bits per heavy atom. The zero-order chi connectivity index (χ0) is 18.7. The number of nitrogens with zero attached hydrogens (tertiary/aromatic N) is 4. The maximum atomic E-state index is 12.7. The van der Waals surface area contributed by atoms with E-state index in [1.807, 2.05) is 36.4 Å². The largest absolute Gasteiger partial charge is 0.338 e. The quantitative estimate of drug-likeness (QED) is 0.671. The molecule has 27 heavy (non-hydrogen) atoms. The minimum absolute atomic E-state index is 0.336. The zero-order valence-electron chi connectivity index (χ0n) is 14.7. The summed E-state index contributed by atoms with van der Waals surface area (Å²) in [6.45, 7) is 2.64. The first-order valence-electron chi connectivity index (χ1n) is 8.78. The van der Waals surface area contributed by atoms with E-state index in [9.17, 15) is 8.42 Å². The van der Waals surface area contributed by atoms with Gasteiger partial charge < -0.3 is 4.52 Å². The van der Waals surface area contributed by atoms with Gasteiger partial charge in [0.05, 0.1) is 11.4 Å². The Kier molecular flexibility index (Phi) is 5.02. The molecule has 8 heteroatoms. The van der Waals surface area contributed by atoms with E-state index in [2.05, 4.69) is 15.0 Å². The first-order chi connectivity index (χ1) is 13.1. The molecule has 0 unspecified atom stereocenters. The van der Waals surface area contributed by atoms with E-state index in [4.69, 9.17) is 4.52 Å². The van der Waals surface area contributed by atoms with Crippen LogP contribution in [0.5, 0.6) is 0 Å². The Bertz CT molecular complexity index is 982. The molecule has 7 nitrogen and oxygen atoms in total. The molecule has 140 valence electrons. The standard InChI is InChI=1S/C19H20N4O3S/c24-27(25,17-9-5-2-6-10-17)23-13-11-22(12-14-23)15-18-20-19(21-26-18)16-7-3-1-4-8-16/h1-10H,11-15H2. The fourth-order valence-electron chi connectivity index (χ4n) is 3.08. The fraction of sp³-hybridized carbons (Fsp3) is 0.263. The number of sulfonamides is 1. The van der Waals surface area contributed by atoms with E-state index in [0.29, 0.717) is 49.3 Å². The normalized spacial score (nSPS) is 16.4. The van der Waals surface area contributed by atoms with Crippen LogP contribution in [-0.2, 0) is 16.6 Å². The average molecular weight is 384 g/mol. The second-order valence-electron chi connectivity index (χ2n) is 6.37. The number of hydrogen-bond acceptors (Lipinski definition) is 6. The van der Waals surface area contributed by atoms with Crippen LogP contribution in [0.2, 0.25) is 0 Å². The van der Waals surface area contributed by atoms with Gasteiger partial charge in [-0.05, 0) is 12.1 Å². The van der Waals surface area contributed by atoms with Crippen LogP contribution in [0.15, 0.2) is 70.1 Å². The van der Waals surface area contributed by atoms with E-state index < -0.39 is 10.0 Å². The lowest BCUT2D eigenvalue weighted by Crippen LogP contribution is -2.48. The molecule has 0 N–H and O–H groups in total. The van der Waals surface area contributed by atoms with Gasteiger partial charge >= 0.3 is 0 Å². The molecule has 1 aliphatic rings. The van der Waals surface area contributed by atoms with Crippen molar-refractivity contribution in [3.05, 3.63) is 66.6 Å². The summed E-state index contributed by atoms with van der Waals surface area (Å²) in [4.78, 5) is 6.90. The van der Waals surface area contributed by atoms with Crippen LogP contribution in [0.3, 0.4) is 0 Å². The van der Waals surface area contributed by atoms with E-state index in [-0.39, 0.29) is 0 Å². The van der Waals surface area contributed by atoms with Crippen LogP contribution in [0, 0.1) is 0 Å². The minimum Gasteiger partial charge on any atom is -0.338 e. The zero-order valence-corrected chi connectivity index (χ0v) is 15.5. The second-order valence-corrected chi connectivity index (χ2v) is 8.31. The highest BCUT2D eigenvalue weighted by atomic mass is 32.2. The van der Waals surface area contributed by atoms with E-state index in [0.717, 1.165) is 5.56 Å². The predicted molar refractivity (Wildman–Crippen MR) is 100 cm³/mol. The monoisotopic (exact) mass is 384 g/mol. The van der Waals surface area contributed by atoms with Gasteiger partial charge in [-0.3, -0.25) is 4.90 Å². The molecule has 0 spiro atoms. The molecule has 0 amide bonds. The Morgan fingerprint density at radius 2 is 1.52 bits per heavy atom. The van der Waals surface area contributed by atoms with Gasteiger partial charge in [0.15, 0.2) is 0 Å². The minimum atomic E-state index is -3.43. The van der Waals surface area contributed by atoms with Crippen molar-refractivity contribution in [1.82, 2.24) is 19.3 Å². The molecular formula is C19H20N4O3S. The maximum absolute atomic E-state index is 12.7. The van der Waals surface area contributed by atoms with Crippen molar-refractivity contribution in [3.8, 4) is 11.4 Å². The summed E-state index contributed by atoms with van der Waals surface area (Å²) in [7, 11) is -3.43. The Morgan fingerprint density at radius 1 is 0.889 bits per heavy atom. The fourth-order valence-corrected chi connectivity index (χ4v) is 4.53. The predicted octanol–water partition coefficient (Wildman–Crippen LogP) is 2.24. The van der Waals surface area contributed by atoms with E-state index >= 15 is 0 Å². The van der Waals surface area contributed by atoms with Crippen molar-refractivity contribution in [2.75, 3.05) is 26.2 Å². The molecule has 2 aromatic carbocycles. The van der Waals surface area contributed by atoms with Gasteiger partial charge in [-0.25, -0.2) is 8.42 Å². The third-order valence-corrected chi connectivity index (χ3v) is 6.48. The number of benzene rings is 2. The lowest BCUT2D eigenvalue weighted by Gasteiger charge is -2.33. The summed E-state index contributed by atoms with van der Waals surface area (Å²) >= 11 is 0. The van der Waals surface area contributed by atoms with Crippen LogP contribution in [0.1, 0.15) is 5.89 Å². The molecule has 0 radical (unpaired) electrons. The van der Waals surface area contributed by atoms with Crippen molar-refractivity contribution in [2.45, 2.75) is 11.4 Å². The third kappa shape index (κ3) is 3.92. The van der Waals surface area contributed by atoms with Crippen molar-refractivity contribution >= 4 is 10.0 Å². The van der Waals surface area contributed by atoms with Crippen LogP contribution in [0.25, 0.3) is 11.4 Å². The lowest BCUT2D eigenvalue weighted by molar-refractivity contribution is 0.163. The molecule has 2 heterocycles. The van der Waals surface area contributed by atoms with Gasteiger partial charge in [0.25, 0.3) is 0 Å². The molecule has 1 aromatic heterocycles. The van der Waals surface area contributed by atoms with Crippen LogP contribution < -0.4 is 0 Å². The molecule has 3 aromatic rings. The van der Waals surface area contributed by atoms with Crippen LogP contribution in [0.4, 0.5) is 0 Å². The third-order valence-electron chi connectivity index (χ3n) is 4.57. The van der Waals surface area contributed by atoms with Gasteiger partial charge in [-0.15, -0.1) is 0 Å². The molecular weight excluding hydrogens is 364 g/mol. The summed E-state index contributed by atoms with van der Waals surface area (Å²) in [5, 5.41) is 4.03. The summed E-state index contributed by atoms with van der Waals surface area (Å²) in [6.07, 6.45) is 0. The number of rotatable bonds is 5. The molecule has 1 aliphatic heterocycles. The SMILES string of the molecule is O=S(=O)(c1ccccc1)N1CCN(Cc2nc(-c3ccccc3)no2)CC1. The van der Waals surface area contributed by atoms with Crippen LogP contribution in [-0.4, -0.2) is 53.9 Å². The highest BCUT2D eigenvalue weighted by molar-refractivity contribution is 7.89. The molecule has 1 saturated heterocycles. The maximum Gasteiger partial charge on any atom is 0.243 e. The molecule has 0 saturated carbocycles. The van der Waals surface area contributed by atoms with E-state index in [1.54, 1.807) is 24.3 Å². The van der Waals surface area contributed by atoms with Gasteiger partial charge in [0, 0.05) is 31.7 Å². The number of piperazine rings is 1. The molecule has 0 aliphatic carbocycles. The number of hydrogen-bond donors (Lipinski definition) is 0. The second kappa shape index (κ2) is 7.59. The van der Waals surface area contributed by atoms with Crippen molar-refractivity contribution in [1.29, 1.82) is 0 Å². The molecule has 4 rings (SSSR count). The molecule has 1 fully saturated rings. The summed E-state index contributed by atoms with van der Waals surface area (Å²) in [5.41, 5.74) is 0.909. The van der Waals surface area contributed by atoms with Crippen LogP contribution >= 0.6 is 0 Å². The summed E-state index contributed by atoms with van der Waals surface area (Å²) in [5.74, 6) is 1.10. The Balaban J connectivity index is 1.37. The van der Waals surface area contributed by atoms with Gasteiger partial charge in [-0.2, -0.15) is 9.29 Å². The van der Waals surface area contributed by atoms with Crippen molar-refractivity contribution < 1.29 is 12.9 Å². The lowest BCUT2D eigenvalue weighted by atomic mass is 10.2. The Labute approximate surface area is 158 Å².